The largest absolute Gasteiger partial charge is 0.493 e. The Hall–Kier alpha value is -1.61. The summed E-state index contributed by atoms with van der Waals surface area (Å²) in [5, 5.41) is 12.0. The molecule has 8 heteroatoms. The molecule has 1 N–H and O–H groups in total. The van der Waals surface area contributed by atoms with Crippen LogP contribution in [-0.2, 0) is 10.0 Å². The number of rotatable bonds is 7. The molecule has 0 radical (unpaired) electrons. The van der Waals surface area contributed by atoms with Crippen LogP contribution in [0, 0.1) is 0 Å². The Kier molecular flexibility index (Phi) is 5.64. The molecule has 126 valence electrons. The third-order valence-electron chi connectivity index (χ3n) is 3.38. The van der Waals surface area contributed by atoms with Crippen LogP contribution >= 0.6 is 11.3 Å². The van der Waals surface area contributed by atoms with Crippen molar-refractivity contribution in [3.63, 3.8) is 0 Å². The number of sulfonamides is 1. The fourth-order valence-electron chi connectivity index (χ4n) is 2.07. The second-order valence-electron chi connectivity index (χ2n) is 4.85. The number of ether oxygens (including phenoxy) is 2. The normalized spacial score (nSPS) is 13.1. The maximum atomic E-state index is 12.4. The summed E-state index contributed by atoms with van der Waals surface area (Å²) in [6.07, 6.45) is -0.977. The van der Waals surface area contributed by atoms with Gasteiger partial charge in [-0.25, -0.2) is 8.42 Å². The predicted molar refractivity (Wildman–Crippen MR) is 88.6 cm³/mol. The Morgan fingerprint density at radius 3 is 2.48 bits per heavy atom. The van der Waals surface area contributed by atoms with E-state index < -0.39 is 16.1 Å². The van der Waals surface area contributed by atoms with E-state index in [0.717, 1.165) is 15.6 Å². The predicted octanol–water partition coefficient (Wildman–Crippen LogP) is 2.12. The first-order valence-corrected chi connectivity index (χ1v) is 9.12. The molecule has 0 spiro atoms. The zero-order valence-corrected chi connectivity index (χ0v) is 14.7. The quantitative estimate of drug-likeness (QED) is 0.821. The van der Waals surface area contributed by atoms with Gasteiger partial charge in [0.25, 0.3) is 10.0 Å². The smallest absolute Gasteiger partial charge is 0.252 e. The summed E-state index contributed by atoms with van der Waals surface area (Å²) in [5.74, 6) is 1.02. The van der Waals surface area contributed by atoms with Crippen molar-refractivity contribution in [2.24, 2.45) is 0 Å². The molecule has 1 unspecified atom stereocenters. The minimum Gasteiger partial charge on any atom is -0.493 e. The van der Waals surface area contributed by atoms with Gasteiger partial charge < -0.3 is 14.6 Å². The Morgan fingerprint density at radius 1 is 1.22 bits per heavy atom. The number of thiophene rings is 1. The molecule has 2 aromatic rings. The van der Waals surface area contributed by atoms with Gasteiger partial charge in [-0.2, -0.15) is 4.31 Å². The third kappa shape index (κ3) is 3.84. The number of nitrogens with zero attached hydrogens (tertiary/aromatic N) is 1. The summed E-state index contributed by atoms with van der Waals surface area (Å²) < 4.78 is 36.5. The van der Waals surface area contributed by atoms with Gasteiger partial charge in [-0.05, 0) is 29.1 Å². The van der Waals surface area contributed by atoms with Crippen molar-refractivity contribution in [3.05, 3.63) is 41.3 Å². The van der Waals surface area contributed by atoms with Crippen molar-refractivity contribution in [1.29, 1.82) is 0 Å². The molecule has 0 aliphatic carbocycles. The molecule has 6 nitrogen and oxygen atoms in total. The highest BCUT2D eigenvalue weighted by Crippen LogP contribution is 2.30. The number of benzene rings is 1. The van der Waals surface area contributed by atoms with E-state index in [2.05, 4.69) is 0 Å². The Bertz CT molecular complexity index is 743. The molecule has 2 rings (SSSR count). The molecule has 0 fully saturated rings. The topological polar surface area (TPSA) is 76.1 Å². The molecular formula is C15H19NO5S2. The lowest BCUT2D eigenvalue weighted by Gasteiger charge is -2.20. The maximum Gasteiger partial charge on any atom is 0.252 e. The maximum absolute atomic E-state index is 12.4. The minimum atomic E-state index is -3.59. The van der Waals surface area contributed by atoms with Gasteiger partial charge in [0.05, 0.1) is 20.3 Å². The number of aliphatic hydroxyl groups is 1. The van der Waals surface area contributed by atoms with Crippen LogP contribution in [0.3, 0.4) is 0 Å². The molecule has 0 saturated carbocycles. The monoisotopic (exact) mass is 357 g/mol. The van der Waals surface area contributed by atoms with E-state index in [0.29, 0.717) is 17.1 Å². The summed E-state index contributed by atoms with van der Waals surface area (Å²) in [5.41, 5.74) is 0.552. The first kappa shape index (κ1) is 17.7. The Balaban J connectivity index is 2.17. The number of methoxy groups -OCH3 is 2. The van der Waals surface area contributed by atoms with Crippen LogP contribution in [0.4, 0.5) is 0 Å². The van der Waals surface area contributed by atoms with Crippen LogP contribution in [0.2, 0.25) is 0 Å². The molecule has 0 amide bonds. The van der Waals surface area contributed by atoms with Crippen molar-refractivity contribution >= 4 is 21.4 Å². The van der Waals surface area contributed by atoms with Crippen LogP contribution in [0.5, 0.6) is 11.5 Å². The minimum absolute atomic E-state index is 0.0598. The highest BCUT2D eigenvalue weighted by molar-refractivity contribution is 7.91. The van der Waals surface area contributed by atoms with Gasteiger partial charge >= 0.3 is 0 Å². The van der Waals surface area contributed by atoms with Crippen molar-refractivity contribution < 1.29 is 23.0 Å². The lowest BCUT2D eigenvalue weighted by atomic mass is 10.1. The zero-order chi connectivity index (χ0) is 17.0. The standard InChI is InChI=1S/C15H19NO5S2/c1-16(23(18,19)15-5-4-8-22-15)10-12(17)11-6-7-13(20-2)14(9-11)21-3/h4-9,12,17H,10H2,1-3H3. The molecule has 0 aliphatic rings. The average Bonchev–Trinajstić information content (AvgIpc) is 3.09. The van der Waals surface area contributed by atoms with Gasteiger partial charge in [0.2, 0.25) is 0 Å². The second kappa shape index (κ2) is 7.31. The first-order chi connectivity index (χ1) is 10.9. The lowest BCUT2D eigenvalue weighted by Crippen LogP contribution is -2.30. The lowest BCUT2D eigenvalue weighted by molar-refractivity contribution is 0.154. The van der Waals surface area contributed by atoms with E-state index in [1.54, 1.807) is 35.7 Å². The van der Waals surface area contributed by atoms with Gasteiger partial charge in [-0.15, -0.1) is 11.3 Å². The molecule has 0 aliphatic heterocycles. The molecule has 23 heavy (non-hydrogen) atoms. The van der Waals surface area contributed by atoms with E-state index in [-0.39, 0.29) is 10.8 Å². The van der Waals surface area contributed by atoms with Crippen LogP contribution in [-0.4, -0.2) is 45.6 Å². The molecule has 1 aromatic carbocycles. The Labute approximate surface area is 139 Å². The van der Waals surface area contributed by atoms with Crippen LogP contribution in [0.1, 0.15) is 11.7 Å². The molecular weight excluding hydrogens is 338 g/mol. The van der Waals surface area contributed by atoms with Gasteiger partial charge in [-0.3, -0.25) is 0 Å². The van der Waals surface area contributed by atoms with Crippen molar-refractivity contribution in [3.8, 4) is 11.5 Å². The zero-order valence-electron chi connectivity index (χ0n) is 13.1. The van der Waals surface area contributed by atoms with Gasteiger partial charge in [0.15, 0.2) is 11.5 Å². The van der Waals surface area contributed by atoms with Crippen molar-refractivity contribution in [2.75, 3.05) is 27.8 Å². The van der Waals surface area contributed by atoms with Crippen molar-refractivity contribution in [1.82, 2.24) is 4.31 Å². The Morgan fingerprint density at radius 2 is 1.91 bits per heavy atom. The molecule has 0 saturated heterocycles. The SMILES string of the molecule is COc1ccc(C(O)CN(C)S(=O)(=O)c2cccs2)cc1OC. The van der Waals surface area contributed by atoms with E-state index in [1.165, 1.54) is 21.3 Å². The summed E-state index contributed by atoms with van der Waals surface area (Å²) in [7, 11) is 0.877. The van der Waals surface area contributed by atoms with E-state index in [1.807, 2.05) is 0 Å². The number of hydrogen-bond acceptors (Lipinski definition) is 6. The van der Waals surface area contributed by atoms with Crippen LogP contribution < -0.4 is 9.47 Å². The number of aliphatic hydroxyl groups excluding tert-OH is 1. The summed E-state index contributed by atoms with van der Waals surface area (Å²) in [4.78, 5) is 0. The molecule has 1 aromatic heterocycles. The second-order valence-corrected chi connectivity index (χ2v) is 8.07. The highest BCUT2D eigenvalue weighted by atomic mass is 32.2. The molecule has 0 bridgehead atoms. The van der Waals surface area contributed by atoms with Crippen molar-refractivity contribution in [2.45, 2.75) is 10.3 Å². The summed E-state index contributed by atoms with van der Waals surface area (Å²) in [6, 6.07) is 8.20. The van der Waals surface area contributed by atoms with Gasteiger partial charge in [0.1, 0.15) is 4.21 Å². The first-order valence-electron chi connectivity index (χ1n) is 6.80. The van der Waals surface area contributed by atoms with E-state index >= 15 is 0 Å². The number of likely N-dealkylation sites (N-methyl/N-ethyl adjacent to an activating group) is 1. The van der Waals surface area contributed by atoms with Gasteiger partial charge in [-0.1, -0.05) is 12.1 Å². The molecule has 1 heterocycles. The van der Waals surface area contributed by atoms with Crippen LogP contribution in [0.15, 0.2) is 39.9 Å². The van der Waals surface area contributed by atoms with E-state index in [9.17, 15) is 13.5 Å². The van der Waals surface area contributed by atoms with Crippen LogP contribution in [0.25, 0.3) is 0 Å². The fourth-order valence-corrected chi connectivity index (χ4v) is 4.45. The summed E-state index contributed by atoms with van der Waals surface area (Å²) in [6.45, 7) is -0.0598. The highest BCUT2D eigenvalue weighted by Gasteiger charge is 2.24. The van der Waals surface area contributed by atoms with E-state index in [4.69, 9.17) is 9.47 Å². The fraction of sp³-hybridized carbons (Fsp3) is 0.333. The summed E-state index contributed by atoms with van der Waals surface area (Å²) >= 11 is 1.14. The number of hydrogen-bond donors (Lipinski definition) is 1. The molecule has 1 atom stereocenters. The average molecular weight is 357 g/mol. The van der Waals surface area contributed by atoms with Gasteiger partial charge in [0, 0.05) is 13.6 Å². The third-order valence-corrected chi connectivity index (χ3v) is 6.58.